The van der Waals surface area contributed by atoms with Crippen LogP contribution in [0.4, 0.5) is 0 Å². The third-order valence-corrected chi connectivity index (χ3v) is 3.83. The molecule has 0 bridgehead atoms. The lowest BCUT2D eigenvalue weighted by atomic mass is 10.1. The molecule has 1 aromatic carbocycles. The average molecular weight is 269 g/mol. The van der Waals surface area contributed by atoms with Gasteiger partial charge in [0, 0.05) is 31.2 Å². The van der Waals surface area contributed by atoms with Crippen molar-refractivity contribution in [3.05, 3.63) is 42.1 Å². The standard InChI is InChI=1S/C16H19N3O/c1-2-14-16(20)19(9-8-18-14)11-12-5-6-15-13(10-12)4-3-7-17-15/h3-7,10,14,18H,2,8-9,11H2,1H3. The molecule has 3 rings (SSSR count). The molecular formula is C16H19N3O. The van der Waals surface area contributed by atoms with E-state index in [0.717, 1.165) is 36.0 Å². The molecule has 0 aliphatic carbocycles. The number of nitrogens with zero attached hydrogens (tertiary/aromatic N) is 2. The Morgan fingerprint density at radius 1 is 1.40 bits per heavy atom. The molecule has 2 heterocycles. The van der Waals surface area contributed by atoms with Gasteiger partial charge in [0.15, 0.2) is 0 Å². The molecule has 1 aliphatic heterocycles. The zero-order chi connectivity index (χ0) is 13.9. The Morgan fingerprint density at radius 2 is 2.30 bits per heavy atom. The van der Waals surface area contributed by atoms with Crippen LogP contribution in [-0.4, -0.2) is 34.9 Å². The molecule has 1 atom stereocenters. The van der Waals surface area contributed by atoms with E-state index in [1.807, 2.05) is 24.0 Å². The molecule has 2 aromatic rings. The largest absolute Gasteiger partial charge is 0.336 e. The van der Waals surface area contributed by atoms with Crippen molar-refractivity contribution in [2.75, 3.05) is 13.1 Å². The van der Waals surface area contributed by atoms with Crippen LogP contribution in [0.3, 0.4) is 0 Å². The van der Waals surface area contributed by atoms with Gasteiger partial charge in [-0.15, -0.1) is 0 Å². The molecule has 1 aliphatic rings. The van der Waals surface area contributed by atoms with Crippen LogP contribution in [0.5, 0.6) is 0 Å². The molecule has 4 nitrogen and oxygen atoms in total. The Balaban J connectivity index is 1.80. The molecule has 0 radical (unpaired) electrons. The lowest BCUT2D eigenvalue weighted by Crippen LogP contribution is -2.54. The second-order valence-corrected chi connectivity index (χ2v) is 5.21. The Kier molecular flexibility index (Phi) is 3.65. The summed E-state index contributed by atoms with van der Waals surface area (Å²) in [7, 11) is 0. The first-order valence-corrected chi connectivity index (χ1v) is 7.14. The first kappa shape index (κ1) is 13.1. The highest BCUT2D eigenvalue weighted by molar-refractivity contribution is 5.83. The predicted octanol–water partition coefficient (Wildman–Crippen LogP) is 1.95. The molecule has 1 amide bonds. The fourth-order valence-corrected chi connectivity index (χ4v) is 2.71. The second-order valence-electron chi connectivity index (χ2n) is 5.21. The van der Waals surface area contributed by atoms with Crippen LogP contribution in [0, 0.1) is 0 Å². The van der Waals surface area contributed by atoms with Crippen molar-refractivity contribution in [1.82, 2.24) is 15.2 Å². The van der Waals surface area contributed by atoms with E-state index in [0.29, 0.717) is 6.54 Å². The number of amides is 1. The molecule has 0 saturated carbocycles. The van der Waals surface area contributed by atoms with Gasteiger partial charge >= 0.3 is 0 Å². The maximum absolute atomic E-state index is 12.3. The molecule has 4 heteroatoms. The van der Waals surface area contributed by atoms with E-state index >= 15 is 0 Å². The van der Waals surface area contributed by atoms with Gasteiger partial charge in [-0.25, -0.2) is 0 Å². The number of rotatable bonds is 3. The van der Waals surface area contributed by atoms with Gasteiger partial charge in [0.05, 0.1) is 11.6 Å². The Hall–Kier alpha value is -1.94. The second kappa shape index (κ2) is 5.59. The number of fused-ring (bicyclic) bond motifs is 1. The minimum atomic E-state index is -0.0223. The number of aromatic nitrogens is 1. The number of pyridine rings is 1. The van der Waals surface area contributed by atoms with Gasteiger partial charge in [-0.2, -0.15) is 0 Å². The molecule has 1 aromatic heterocycles. The van der Waals surface area contributed by atoms with E-state index in [9.17, 15) is 4.79 Å². The van der Waals surface area contributed by atoms with Gasteiger partial charge < -0.3 is 10.2 Å². The number of benzene rings is 1. The highest BCUT2D eigenvalue weighted by Crippen LogP contribution is 2.16. The number of piperazine rings is 1. The molecule has 1 N–H and O–H groups in total. The van der Waals surface area contributed by atoms with Crippen LogP contribution < -0.4 is 5.32 Å². The third-order valence-electron chi connectivity index (χ3n) is 3.83. The molecular weight excluding hydrogens is 250 g/mol. The summed E-state index contributed by atoms with van der Waals surface area (Å²) in [5.74, 6) is 0.213. The number of carbonyl (C=O) groups excluding carboxylic acids is 1. The number of carbonyl (C=O) groups is 1. The lowest BCUT2D eigenvalue weighted by molar-refractivity contribution is -0.136. The van der Waals surface area contributed by atoms with Crippen LogP contribution in [-0.2, 0) is 11.3 Å². The van der Waals surface area contributed by atoms with Crippen molar-refractivity contribution in [2.24, 2.45) is 0 Å². The maximum atomic E-state index is 12.3. The SMILES string of the molecule is CCC1NCCN(Cc2ccc3ncccc3c2)C1=O. The molecule has 1 saturated heterocycles. The fourth-order valence-electron chi connectivity index (χ4n) is 2.71. The van der Waals surface area contributed by atoms with E-state index in [2.05, 4.69) is 28.5 Å². The molecule has 1 unspecified atom stereocenters. The van der Waals surface area contributed by atoms with Crippen LogP contribution in [0.1, 0.15) is 18.9 Å². The number of hydrogen-bond acceptors (Lipinski definition) is 3. The maximum Gasteiger partial charge on any atom is 0.240 e. The normalized spacial score (nSPS) is 19.6. The van der Waals surface area contributed by atoms with E-state index in [4.69, 9.17) is 0 Å². The number of hydrogen-bond donors (Lipinski definition) is 1. The zero-order valence-electron chi connectivity index (χ0n) is 11.7. The first-order chi connectivity index (χ1) is 9.78. The molecule has 1 fully saturated rings. The monoisotopic (exact) mass is 269 g/mol. The van der Waals surface area contributed by atoms with Gasteiger partial charge in [-0.1, -0.05) is 19.1 Å². The summed E-state index contributed by atoms with van der Waals surface area (Å²) in [6, 6.07) is 10.2. The summed E-state index contributed by atoms with van der Waals surface area (Å²) in [5.41, 5.74) is 2.16. The molecule has 20 heavy (non-hydrogen) atoms. The molecule has 0 spiro atoms. The van der Waals surface area contributed by atoms with Gasteiger partial charge in [0.1, 0.15) is 0 Å². The first-order valence-electron chi connectivity index (χ1n) is 7.14. The summed E-state index contributed by atoms with van der Waals surface area (Å²) < 4.78 is 0. The van der Waals surface area contributed by atoms with Crippen LogP contribution >= 0.6 is 0 Å². The topological polar surface area (TPSA) is 45.2 Å². The van der Waals surface area contributed by atoms with Crippen molar-refractivity contribution in [1.29, 1.82) is 0 Å². The summed E-state index contributed by atoms with van der Waals surface area (Å²) in [4.78, 5) is 18.5. The summed E-state index contributed by atoms with van der Waals surface area (Å²) in [6.45, 7) is 4.38. The van der Waals surface area contributed by atoms with Gasteiger partial charge in [-0.3, -0.25) is 9.78 Å². The average Bonchev–Trinajstić information content (AvgIpc) is 2.49. The van der Waals surface area contributed by atoms with Crippen molar-refractivity contribution in [2.45, 2.75) is 25.9 Å². The van der Waals surface area contributed by atoms with Crippen LogP contribution in [0.15, 0.2) is 36.5 Å². The van der Waals surface area contributed by atoms with Crippen molar-refractivity contribution < 1.29 is 4.79 Å². The van der Waals surface area contributed by atoms with E-state index in [1.54, 1.807) is 6.20 Å². The minimum Gasteiger partial charge on any atom is -0.336 e. The Labute approximate surface area is 118 Å². The summed E-state index contributed by atoms with van der Waals surface area (Å²) in [6.07, 6.45) is 2.64. The summed E-state index contributed by atoms with van der Waals surface area (Å²) >= 11 is 0. The summed E-state index contributed by atoms with van der Waals surface area (Å²) in [5, 5.41) is 4.39. The Bertz CT molecular complexity index is 626. The van der Waals surface area contributed by atoms with Gasteiger partial charge in [0.2, 0.25) is 5.91 Å². The zero-order valence-corrected chi connectivity index (χ0v) is 11.7. The van der Waals surface area contributed by atoms with Gasteiger partial charge in [0.25, 0.3) is 0 Å². The van der Waals surface area contributed by atoms with Crippen LogP contribution in [0.2, 0.25) is 0 Å². The third kappa shape index (κ3) is 2.51. The van der Waals surface area contributed by atoms with Gasteiger partial charge in [-0.05, 0) is 30.2 Å². The van der Waals surface area contributed by atoms with Crippen molar-refractivity contribution in [3.63, 3.8) is 0 Å². The quantitative estimate of drug-likeness (QED) is 0.926. The number of nitrogens with one attached hydrogen (secondary N) is 1. The predicted molar refractivity (Wildman–Crippen MR) is 79.2 cm³/mol. The minimum absolute atomic E-state index is 0.0223. The van der Waals surface area contributed by atoms with Crippen molar-refractivity contribution in [3.8, 4) is 0 Å². The highest BCUT2D eigenvalue weighted by Gasteiger charge is 2.26. The lowest BCUT2D eigenvalue weighted by Gasteiger charge is -2.32. The fraction of sp³-hybridized carbons (Fsp3) is 0.375. The van der Waals surface area contributed by atoms with Crippen molar-refractivity contribution >= 4 is 16.8 Å². The Morgan fingerprint density at radius 3 is 3.15 bits per heavy atom. The van der Waals surface area contributed by atoms with E-state index < -0.39 is 0 Å². The highest BCUT2D eigenvalue weighted by atomic mass is 16.2. The van der Waals surface area contributed by atoms with E-state index in [1.165, 1.54) is 0 Å². The van der Waals surface area contributed by atoms with Crippen LogP contribution in [0.25, 0.3) is 10.9 Å². The smallest absolute Gasteiger partial charge is 0.240 e. The molecule has 104 valence electrons. The van der Waals surface area contributed by atoms with E-state index in [-0.39, 0.29) is 11.9 Å².